The fourth-order valence-corrected chi connectivity index (χ4v) is 4.09. The Balaban J connectivity index is 1.78. The molecule has 9 heteroatoms. The van der Waals surface area contributed by atoms with E-state index in [1.807, 2.05) is 0 Å². The number of rotatable bonds is 7. The Kier molecular flexibility index (Phi) is 6.55. The molecule has 3 rings (SSSR count). The van der Waals surface area contributed by atoms with Crippen LogP contribution in [0.4, 0.5) is 10.1 Å². The molecule has 1 heterocycles. The van der Waals surface area contributed by atoms with Crippen molar-refractivity contribution in [3.63, 3.8) is 0 Å². The number of pyridine rings is 1. The Bertz CT molecular complexity index is 1240. The fourth-order valence-electron chi connectivity index (χ4n) is 3.01. The maximum atomic E-state index is 13.1. The second-order valence-electron chi connectivity index (χ2n) is 7.04. The minimum absolute atomic E-state index is 0.0207. The number of nitrogens with one attached hydrogen (secondary N) is 2. The van der Waals surface area contributed by atoms with Crippen LogP contribution in [0.3, 0.4) is 0 Å². The van der Waals surface area contributed by atoms with Crippen LogP contribution in [-0.4, -0.2) is 18.9 Å². The average molecular weight is 444 g/mol. The molecule has 7 nitrogen and oxygen atoms in total. The van der Waals surface area contributed by atoms with Crippen molar-refractivity contribution in [3.8, 4) is 0 Å². The van der Waals surface area contributed by atoms with E-state index in [4.69, 9.17) is 0 Å². The van der Waals surface area contributed by atoms with Gasteiger partial charge in [-0.1, -0.05) is 30.3 Å². The summed E-state index contributed by atoms with van der Waals surface area (Å²) < 4.78 is 41.6. The second kappa shape index (κ2) is 9.13. The van der Waals surface area contributed by atoms with Gasteiger partial charge in [0.15, 0.2) is 0 Å². The fraction of sp³-hybridized carbons (Fsp3) is 0.182. The van der Waals surface area contributed by atoms with Gasteiger partial charge in [0.25, 0.3) is 15.6 Å². The number of amides is 1. The molecule has 0 aliphatic heterocycles. The highest BCUT2D eigenvalue weighted by Crippen LogP contribution is 2.15. The number of aromatic nitrogens is 1. The van der Waals surface area contributed by atoms with Crippen LogP contribution in [-0.2, 0) is 21.4 Å². The van der Waals surface area contributed by atoms with Gasteiger partial charge in [-0.2, -0.15) is 0 Å². The Morgan fingerprint density at radius 2 is 1.68 bits per heavy atom. The van der Waals surface area contributed by atoms with E-state index in [1.54, 1.807) is 50.2 Å². The number of nitrogens with zero attached hydrogens (tertiary/aromatic N) is 1. The van der Waals surface area contributed by atoms with E-state index >= 15 is 0 Å². The Labute approximate surface area is 179 Å². The van der Waals surface area contributed by atoms with Crippen molar-refractivity contribution in [2.75, 3.05) is 4.72 Å². The summed E-state index contributed by atoms with van der Waals surface area (Å²) in [5.74, 6) is -0.815. The molecule has 1 aromatic heterocycles. The summed E-state index contributed by atoms with van der Waals surface area (Å²) in [6.45, 7) is 3.09. The molecule has 162 valence electrons. The van der Waals surface area contributed by atoms with Crippen molar-refractivity contribution in [1.29, 1.82) is 0 Å². The van der Waals surface area contributed by atoms with E-state index in [9.17, 15) is 22.4 Å². The predicted molar refractivity (Wildman–Crippen MR) is 116 cm³/mol. The first-order valence-corrected chi connectivity index (χ1v) is 11.0. The predicted octanol–water partition coefficient (Wildman–Crippen LogP) is 2.97. The summed E-state index contributed by atoms with van der Waals surface area (Å²) in [6.07, 6.45) is 0. The molecule has 3 aromatic rings. The molecule has 0 saturated carbocycles. The number of benzene rings is 2. The van der Waals surface area contributed by atoms with Crippen LogP contribution < -0.4 is 15.6 Å². The van der Waals surface area contributed by atoms with Crippen LogP contribution in [0.1, 0.15) is 24.2 Å². The van der Waals surface area contributed by atoms with Crippen LogP contribution in [0.5, 0.6) is 0 Å². The summed E-state index contributed by atoms with van der Waals surface area (Å²) in [5.41, 5.74) is 0.415. The molecule has 31 heavy (non-hydrogen) atoms. The van der Waals surface area contributed by atoms with Crippen molar-refractivity contribution in [2.24, 2.45) is 0 Å². The Morgan fingerprint density at radius 1 is 1.03 bits per heavy atom. The molecule has 0 bridgehead atoms. The van der Waals surface area contributed by atoms with Gasteiger partial charge in [0, 0.05) is 5.69 Å². The quantitative estimate of drug-likeness (QED) is 0.587. The number of carbonyl (C=O) groups excluding carboxylic acids is 1. The number of anilines is 1. The molecule has 1 unspecified atom stereocenters. The summed E-state index contributed by atoms with van der Waals surface area (Å²) in [5, 5.41) is 2.75. The topological polar surface area (TPSA) is 97.3 Å². The van der Waals surface area contributed by atoms with E-state index < -0.39 is 27.5 Å². The van der Waals surface area contributed by atoms with E-state index in [-0.39, 0.29) is 22.9 Å². The molecule has 0 aliphatic carbocycles. The van der Waals surface area contributed by atoms with Crippen molar-refractivity contribution in [1.82, 2.24) is 9.88 Å². The maximum Gasteiger partial charge on any atom is 0.275 e. The van der Waals surface area contributed by atoms with E-state index in [2.05, 4.69) is 10.0 Å². The van der Waals surface area contributed by atoms with Gasteiger partial charge in [-0.3, -0.25) is 14.3 Å². The smallest absolute Gasteiger partial charge is 0.275 e. The Hall–Kier alpha value is -3.46. The number of halogens is 1. The van der Waals surface area contributed by atoms with Gasteiger partial charge in [-0.25, -0.2) is 12.8 Å². The average Bonchev–Trinajstić information content (AvgIpc) is 2.74. The standard InChI is InChI=1S/C22H22FN3O4S/c1-15-8-13-20(25-31(29,30)19-6-4-3-5-7-19)22(28)26(15)14-21(27)24-16(2)17-9-11-18(23)12-10-17/h3-13,16,25H,14H2,1-2H3,(H,24,27). The zero-order valence-electron chi connectivity index (χ0n) is 17.0. The van der Waals surface area contributed by atoms with Gasteiger partial charge in [0.05, 0.1) is 10.9 Å². The molecule has 1 atom stereocenters. The van der Waals surface area contributed by atoms with Gasteiger partial charge in [-0.05, 0) is 55.8 Å². The molecule has 2 aromatic carbocycles. The van der Waals surface area contributed by atoms with E-state index in [1.165, 1.54) is 34.9 Å². The lowest BCUT2D eigenvalue weighted by Gasteiger charge is -2.17. The van der Waals surface area contributed by atoms with E-state index in [0.29, 0.717) is 11.3 Å². The molecule has 0 saturated heterocycles. The van der Waals surface area contributed by atoms with Crippen LogP contribution in [0.25, 0.3) is 0 Å². The largest absolute Gasteiger partial charge is 0.348 e. The first kappa shape index (κ1) is 22.2. The lowest BCUT2D eigenvalue weighted by molar-refractivity contribution is -0.122. The summed E-state index contributed by atoms with van der Waals surface area (Å²) in [7, 11) is -3.95. The van der Waals surface area contributed by atoms with E-state index in [0.717, 1.165) is 0 Å². The van der Waals surface area contributed by atoms with Crippen molar-refractivity contribution < 1.29 is 17.6 Å². The molecule has 0 fully saturated rings. The number of carbonyl (C=O) groups is 1. The molecular formula is C22H22FN3O4S. The third-order valence-electron chi connectivity index (χ3n) is 4.74. The number of aryl methyl sites for hydroxylation is 1. The first-order chi connectivity index (χ1) is 14.7. The molecule has 0 radical (unpaired) electrons. The SMILES string of the molecule is Cc1ccc(NS(=O)(=O)c2ccccc2)c(=O)n1CC(=O)NC(C)c1ccc(F)cc1. The number of hydrogen-bond acceptors (Lipinski definition) is 4. The lowest BCUT2D eigenvalue weighted by Crippen LogP contribution is -2.35. The highest BCUT2D eigenvalue weighted by atomic mass is 32.2. The summed E-state index contributed by atoms with van der Waals surface area (Å²) in [6, 6.07) is 15.9. The van der Waals surface area contributed by atoms with Gasteiger partial charge in [-0.15, -0.1) is 0 Å². The van der Waals surface area contributed by atoms with Crippen LogP contribution in [0.2, 0.25) is 0 Å². The van der Waals surface area contributed by atoms with Crippen LogP contribution >= 0.6 is 0 Å². The highest BCUT2D eigenvalue weighted by molar-refractivity contribution is 7.92. The number of hydrogen-bond donors (Lipinski definition) is 2. The lowest BCUT2D eigenvalue weighted by atomic mass is 10.1. The molecular weight excluding hydrogens is 421 g/mol. The van der Waals surface area contributed by atoms with Gasteiger partial charge >= 0.3 is 0 Å². The van der Waals surface area contributed by atoms with Crippen molar-refractivity contribution in [3.05, 3.63) is 94.2 Å². The van der Waals surface area contributed by atoms with Gasteiger partial charge < -0.3 is 9.88 Å². The van der Waals surface area contributed by atoms with Crippen molar-refractivity contribution in [2.45, 2.75) is 31.3 Å². The van der Waals surface area contributed by atoms with Crippen LogP contribution in [0, 0.1) is 12.7 Å². The second-order valence-corrected chi connectivity index (χ2v) is 8.72. The normalized spacial score (nSPS) is 12.2. The molecule has 0 spiro atoms. The molecule has 1 amide bonds. The number of sulfonamides is 1. The molecule has 2 N–H and O–H groups in total. The maximum absolute atomic E-state index is 13.1. The van der Waals surface area contributed by atoms with Crippen LogP contribution in [0.15, 0.2) is 76.4 Å². The zero-order chi connectivity index (χ0) is 22.6. The zero-order valence-corrected chi connectivity index (χ0v) is 17.8. The highest BCUT2D eigenvalue weighted by Gasteiger charge is 2.18. The minimum atomic E-state index is -3.95. The first-order valence-electron chi connectivity index (χ1n) is 9.50. The minimum Gasteiger partial charge on any atom is -0.348 e. The molecule has 0 aliphatic rings. The monoisotopic (exact) mass is 443 g/mol. The third-order valence-corrected chi connectivity index (χ3v) is 6.12. The van der Waals surface area contributed by atoms with Gasteiger partial charge in [0.2, 0.25) is 5.91 Å². The summed E-state index contributed by atoms with van der Waals surface area (Å²) >= 11 is 0. The Morgan fingerprint density at radius 3 is 2.32 bits per heavy atom. The van der Waals surface area contributed by atoms with Crippen molar-refractivity contribution >= 4 is 21.6 Å². The van der Waals surface area contributed by atoms with Gasteiger partial charge in [0.1, 0.15) is 18.0 Å². The summed E-state index contributed by atoms with van der Waals surface area (Å²) in [4.78, 5) is 25.4. The third kappa shape index (κ3) is 5.37.